The number of nitrogens with two attached hydrogens (primary N) is 1. The number of nitrogens with zero attached hydrogens (tertiary/aromatic N) is 3. The Morgan fingerprint density at radius 1 is 0.875 bits per heavy atom. The van der Waals surface area contributed by atoms with Gasteiger partial charge in [0.1, 0.15) is 4.90 Å². The molecule has 3 N–H and O–H groups in total. The van der Waals surface area contributed by atoms with Crippen molar-refractivity contribution >= 4 is 50.9 Å². The lowest BCUT2D eigenvalue weighted by Gasteiger charge is -2.25. The Balaban J connectivity index is 1.43. The molecular formula is C35H43Cl2N5O5S. The van der Waals surface area contributed by atoms with Crippen LogP contribution in [0.25, 0.3) is 0 Å². The highest BCUT2D eigenvalue weighted by Gasteiger charge is 2.30. The number of amides is 3. The standard InChI is InChI=1S/C35H43Cl2N5O5S/c1-26-30(36)14-15-31(34(26)37)48(46,47)42(23-17-27-8-3-2-4-9-27)25-32(43)39-24-33(44)41(21-7-20-40-18-5-6-19-40)22-16-28-10-12-29(13-11-28)35(38)45/h2-4,8-15H,5-7,16-25H2,1H3,(H2,38,45)(H,39,43). The molecule has 0 bridgehead atoms. The number of hydrogen-bond acceptors (Lipinski definition) is 6. The van der Waals surface area contributed by atoms with E-state index in [1.54, 1.807) is 24.0 Å². The summed E-state index contributed by atoms with van der Waals surface area (Å²) in [5.41, 5.74) is 8.03. The first-order valence-corrected chi connectivity index (χ1v) is 18.3. The average molecular weight is 717 g/mol. The molecule has 1 aliphatic rings. The van der Waals surface area contributed by atoms with Crippen molar-refractivity contribution in [3.63, 3.8) is 0 Å². The van der Waals surface area contributed by atoms with E-state index >= 15 is 0 Å². The zero-order chi connectivity index (χ0) is 34.7. The van der Waals surface area contributed by atoms with Gasteiger partial charge in [-0.3, -0.25) is 14.4 Å². The van der Waals surface area contributed by atoms with Gasteiger partial charge in [-0.1, -0.05) is 65.7 Å². The number of carbonyl (C=O) groups excluding carboxylic acids is 3. The maximum atomic E-state index is 13.8. The van der Waals surface area contributed by atoms with Gasteiger partial charge in [-0.15, -0.1) is 0 Å². The molecule has 3 amide bonds. The van der Waals surface area contributed by atoms with Crippen LogP contribution in [0, 0.1) is 6.92 Å². The molecule has 1 saturated heterocycles. The van der Waals surface area contributed by atoms with Crippen LogP contribution >= 0.6 is 23.2 Å². The number of nitrogens with one attached hydrogen (secondary N) is 1. The Hall–Kier alpha value is -3.48. The van der Waals surface area contributed by atoms with Crippen LogP contribution in [-0.4, -0.2) is 92.6 Å². The molecule has 3 aromatic rings. The summed E-state index contributed by atoms with van der Waals surface area (Å²) >= 11 is 12.6. The molecule has 3 aromatic carbocycles. The highest BCUT2D eigenvalue weighted by atomic mass is 35.5. The summed E-state index contributed by atoms with van der Waals surface area (Å²) in [7, 11) is -4.21. The predicted octanol–water partition coefficient (Wildman–Crippen LogP) is 4.31. The molecule has 0 radical (unpaired) electrons. The summed E-state index contributed by atoms with van der Waals surface area (Å²) in [6.45, 7) is 4.78. The molecule has 13 heteroatoms. The van der Waals surface area contributed by atoms with Gasteiger partial charge in [-0.25, -0.2) is 8.42 Å². The van der Waals surface area contributed by atoms with Crippen LogP contribution in [0.3, 0.4) is 0 Å². The molecule has 48 heavy (non-hydrogen) atoms. The van der Waals surface area contributed by atoms with Gasteiger partial charge >= 0.3 is 0 Å². The molecule has 258 valence electrons. The molecule has 0 atom stereocenters. The molecule has 0 aliphatic carbocycles. The van der Waals surface area contributed by atoms with Crippen LogP contribution in [0.5, 0.6) is 0 Å². The van der Waals surface area contributed by atoms with E-state index in [2.05, 4.69) is 10.2 Å². The Morgan fingerprint density at radius 3 is 2.19 bits per heavy atom. The van der Waals surface area contributed by atoms with Crippen LogP contribution < -0.4 is 11.1 Å². The normalized spacial score (nSPS) is 13.5. The van der Waals surface area contributed by atoms with Crippen molar-refractivity contribution < 1.29 is 22.8 Å². The minimum Gasteiger partial charge on any atom is -0.366 e. The average Bonchev–Trinajstić information content (AvgIpc) is 3.60. The second-order valence-electron chi connectivity index (χ2n) is 11.9. The summed E-state index contributed by atoms with van der Waals surface area (Å²) in [5, 5.41) is 2.98. The van der Waals surface area contributed by atoms with Gasteiger partial charge in [0.15, 0.2) is 0 Å². The second-order valence-corrected chi connectivity index (χ2v) is 14.6. The largest absolute Gasteiger partial charge is 0.366 e. The van der Waals surface area contributed by atoms with Crippen molar-refractivity contribution in [3.8, 4) is 0 Å². The molecule has 0 aromatic heterocycles. The lowest BCUT2D eigenvalue weighted by Crippen LogP contribution is -2.46. The molecule has 1 heterocycles. The highest BCUT2D eigenvalue weighted by molar-refractivity contribution is 7.89. The number of primary amides is 1. The third-order valence-corrected chi connectivity index (χ3v) is 11.4. The Labute approximate surface area is 293 Å². The number of halogens is 2. The number of hydrogen-bond donors (Lipinski definition) is 2. The molecule has 0 saturated carbocycles. The molecular weight excluding hydrogens is 673 g/mol. The third kappa shape index (κ3) is 10.5. The summed E-state index contributed by atoms with van der Waals surface area (Å²) in [4.78, 5) is 42.1. The van der Waals surface area contributed by atoms with E-state index in [0.29, 0.717) is 42.1 Å². The first kappa shape index (κ1) is 37.3. The quantitative estimate of drug-likeness (QED) is 0.214. The van der Waals surface area contributed by atoms with E-state index in [1.807, 2.05) is 42.5 Å². The van der Waals surface area contributed by atoms with E-state index in [4.69, 9.17) is 28.9 Å². The number of carbonyl (C=O) groups is 3. The van der Waals surface area contributed by atoms with Crippen LogP contribution in [0.1, 0.15) is 46.3 Å². The third-order valence-electron chi connectivity index (χ3n) is 8.51. The first-order chi connectivity index (χ1) is 23.0. The van der Waals surface area contributed by atoms with E-state index in [9.17, 15) is 22.8 Å². The molecule has 10 nitrogen and oxygen atoms in total. The van der Waals surface area contributed by atoms with E-state index in [0.717, 1.165) is 41.5 Å². The zero-order valence-corrected chi connectivity index (χ0v) is 29.5. The van der Waals surface area contributed by atoms with Gasteiger partial charge in [0.25, 0.3) is 0 Å². The van der Waals surface area contributed by atoms with Gasteiger partial charge in [0, 0.05) is 30.2 Å². The van der Waals surface area contributed by atoms with Gasteiger partial charge in [-0.05, 0) is 99.6 Å². The first-order valence-electron chi connectivity index (χ1n) is 16.1. The van der Waals surface area contributed by atoms with Crippen LogP contribution in [0.15, 0.2) is 71.6 Å². The van der Waals surface area contributed by atoms with Crippen molar-refractivity contribution in [2.24, 2.45) is 5.73 Å². The fraction of sp³-hybridized carbons (Fsp3) is 0.400. The second kappa shape index (κ2) is 17.8. The SMILES string of the molecule is Cc1c(Cl)ccc(S(=O)(=O)N(CCc2ccccc2)CC(=O)NCC(=O)N(CCCN2CCCC2)CCc2ccc(C(N)=O)cc2)c1Cl. The van der Waals surface area contributed by atoms with Crippen LogP contribution in [0.2, 0.25) is 10.0 Å². The van der Waals surface area contributed by atoms with Crippen molar-refractivity contribution in [1.29, 1.82) is 0 Å². The number of sulfonamides is 1. The minimum atomic E-state index is -4.21. The summed E-state index contributed by atoms with van der Waals surface area (Å²) in [6, 6.07) is 19.1. The number of rotatable bonds is 17. The van der Waals surface area contributed by atoms with Crippen molar-refractivity contribution in [2.45, 2.75) is 43.9 Å². The molecule has 1 fully saturated rings. The summed E-state index contributed by atoms with van der Waals surface area (Å²) in [6.07, 6.45) is 4.06. The van der Waals surface area contributed by atoms with Gasteiger partial charge < -0.3 is 20.9 Å². The predicted molar refractivity (Wildman–Crippen MR) is 189 cm³/mol. The fourth-order valence-electron chi connectivity index (χ4n) is 5.61. The fourth-order valence-corrected chi connectivity index (χ4v) is 7.79. The maximum absolute atomic E-state index is 13.8. The molecule has 0 unspecified atom stereocenters. The van der Waals surface area contributed by atoms with E-state index in [-0.39, 0.29) is 28.9 Å². The van der Waals surface area contributed by atoms with Crippen LogP contribution in [-0.2, 0) is 32.5 Å². The van der Waals surface area contributed by atoms with Crippen molar-refractivity contribution in [1.82, 2.24) is 19.4 Å². The van der Waals surface area contributed by atoms with E-state index in [1.165, 1.54) is 25.0 Å². The number of likely N-dealkylation sites (tertiary alicyclic amines) is 1. The van der Waals surface area contributed by atoms with Crippen molar-refractivity contribution in [3.05, 3.63) is 99.0 Å². The summed E-state index contributed by atoms with van der Waals surface area (Å²) in [5.74, 6) is -1.39. The van der Waals surface area contributed by atoms with E-state index < -0.39 is 28.4 Å². The van der Waals surface area contributed by atoms with Crippen LogP contribution in [0.4, 0.5) is 0 Å². The summed E-state index contributed by atoms with van der Waals surface area (Å²) < 4.78 is 28.8. The maximum Gasteiger partial charge on any atom is 0.248 e. The zero-order valence-electron chi connectivity index (χ0n) is 27.2. The Kier molecular flexibility index (Phi) is 13.8. The highest BCUT2D eigenvalue weighted by Crippen LogP contribution is 2.32. The van der Waals surface area contributed by atoms with Gasteiger partial charge in [0.05, 0.1) is 18.1 Å². The monoisotopic (exact) mass is 715 g/mol. The Morgan fingerprint density at radius 2 is 1.52 bits per heavy atom. The molecule has 1 aliphatic heterocycles. The van der Waals surface area contributed by atoms with Gasteiger partial charge in [-0.2, -0.15) is 4.31 Å². The number of benzene rings is 3. The minimum absolute atomic E-state index is 0.00311. The lowest BCUT2D eigenvalue weighted by molar-refractivity contribution is -0.133. The van der Waals surface area contributed by atoms with Crippen molar-refractivity contribution in [2.75, 3.05) is 52.4 Å². The topological polar surface area (TPSA) is 133 Å². The Bertz CT molecular complexity index is 1670. The smallest absolute Gasteiger partial charge is 0.248 e. The van der Waals surface area contributed by atoms with Gasteiger partial charge in [0.2, 0.25) is 27.7 Å². The lowest BCUT2D eigenvalue weighted by atomic mass is 10.1. The molecule has 4 rings (SSSR count). The molecule has 0 spiro atoms.